The lowest BCUT2D eigenvalue weighted by Crippen LogP contribution is -2.46. The first-order chi connectivity index (χ1) is 13.0. The Hall–Kier alpha value is -2.44. The summed E-state index contributed by atoms with van der Waals surface area (Å²) in [5, 5.41) is 9.62. The van der Waals surface area contributed by atoms with Gasteiger partial charge in [0, 0.05) is 24.7 Å². The normalized spacial score (nSPS) is 27.7. The van der Waals surface area contributed by atoms with Crippen LogP contribution in [0.5, 0.6) is 0 Å². The van der Waals surface area contributed by atoms with Gasteiger partial charge in [-0.05, 0) is 49.8 Å². The van der Waals surface area contributed by atoms with Crippen molar-refractivity contribution < 1.29 is 23.9 Å². The van der Waals surface area contributed by atoms with Crippen LogP contribution in [0.2, 0.25) is 0 Å². The zero-order chi connectivity index (χ0) is 19.1. The number of rotatable bonds is 3. The van der Waals surface area contributed by atoms with Crippen molar-refractivity contribution in [1.29, 1.82) is 0 Å². The zero-order valence-corrected chi connectivity index (χ0v) is 15.1. The molecule has 0 unspecified atom stereocenters. The van der Waals surface area contributed by atoms with Crippen LogP contribution in [-0.2, 0) is 9.59 Å². The standard InChI is InChI=1S/C20H23FN2O4/c21-15-8-7-13(22-9-3-6-18(22)24)11-14(15)19(25)23-16-5-2-1-4-12(16)10-17(23)20(26)27/h7-8,11-12,16-17H,1-6,9-10H2,(H,26,27)/t12-,16-,17-/m0/s1. The lowest BCUT2D eigenvalue weighted by Gasteiger charge is -2.33. The third-order valence-electron chi connectivity index (χ3n) is 6.17. The maximum absolute atomic E-state index is 14.5. The van der Waals surface area contributed by atoms with E-state index in [9.17, 15) is 23.9 Å². The molecule has 144 valence electrons. The molecule has 2 saturated heterocycles. The number of fused-ring (bicyclic) bond motifs is 1. The second-order valence-corrected chi connectivity index (χ2v) is 7.73. The third kappa shape index (κ3) is 3.09. The number of carbonyl (C=O) groups excluding carboxylic acids is 2. The number of benzene rings is 1. The van der Waals surface area contributed by atoms with Crippen molar-refractivity contribution >= 4 is 23.5 Å². The smallest absolute Gasteiger partial charge is 0.326 e. The molecule has 6 nitrogen and oxygen atoms in total. The molecule has 0 bridgehead atoms. The number of carboxylic acid groups (broad SMARTS) is 1. The Morgan fingerprint density at radius 3 is 2.63 bits per heavy atom. The molecule has 1 N–H and O–H groups in total. The quantitative estimate of drug-likeness (QED) is 0.883. The van der Waals surface area contributed by atoms with Crippen LogP contribution in [0.4, 0.5) is 10.1 Å². The second-order valence-electron chi connectivity index (χ2n) is 7.73. The van der Waals surface area contributed by atoms with Crippen molar-refractivity contribution in [1.82, 2.24) is 4.90 Å². The number of hydrogen-bond donors (Lipinski definition) is 1. The molecule has 2 heterocycles. The summed E-state index contributed by atoms with van der Waals surface area (Å²) in [5.74, 6) is -2.18. The van der Waals surface area contributed by atoms with Crippen LogP contribution in [0, 0.1) is 11.7 Å². The molecule has 3 fully saturated rings. The van der Waals surface area contributed by atoms with Gasteiger partial charge < -0.3 is 14.9 Å². The van der Waals surface area contributed by atoms with Gasteiger partial charge in [-0.15, -0.1) is 0 Å². The molecule has 27 heavy (non-hydrogen) atoms. The number of halogens is 1. The van der Waals surface area contributed by atoms with E-state index in [4.69, 9.17) is 0 Å². The molecule has 7 heteroatoms. The summed E-state index contributed by atoms with van der Waals surface area (Å²) in [6.45, 7) is 0.546. The van der Waals surface area contributed by atoms with Crippen LogP contribution in [0.25, 0.3) is 0 Å². The molecule has 0 aromatic heterocycles. The number of aliphatic carboxylic acids is 1. The van der Waals surface area contributed by atoms with Gasteiger partial charge in [-0.25, -0.2) is 9.18 Å². The Kier molecular flexibility index (Phi) is 4.61. The van der Waals surface area contributed by atoms with Crippen molar-refractivity contribution in [3.63, 3.8) is 0 Å². The van der Waals surface area contributed by atoms with Crippen LogP contribution in [0.3, 0.4) is 0 Å². The molecule has 0 spiro atoms. The van der Waals surface area contributed by atoms with Gasteiger partial charge in [0.05, 0.1) is 5.56 Å². The molecular weight excluding hydrogens is 351 g/mol. The molecular formula is C20H23FN2O4. The highest BCUT2D eigenvalue weighted by atomic mass is 19.1. The average Bonchev–Trinajstić information content (AvgIpc) is 3.25. The fourth-order valence-corrected chi connectivity index (χ4v) is 4.88. The van der Waals surface area contributed by atoms with Crippen molar-refractivity contribution in [3.05, 3.63) is 29.6 Å². The summed E-state index contributed by atoms with van der Waals surface area (Å²) in [5.41, 5.74) is 0.346. The van der Waals surface area contributed by atoms with Gasteiger partial charge in [0.2, 0.25) is 5.91 Å². The van der Waals surface area contributed by atoms with E-state index >= 15 is 0 Å². The van der Waals surface area contributed by atoms with Gasteiger partial charge >= 0.3 is 5.97 Å². The highest BCUT2D eigenvalue weighted by molar-refractivity contribution is 6.00. The fraction of sp³-hybridized carbons (Fsp3) is 0.550. The molecule has 1 saturated carbocycles. The Balaban J connectivity index is 1.68. The summed E-state index contributed by atoms with van der Waals surface area (Å²) < 4.78 is 14.5. The lowest BCUT2D eigenvalue weighted by atomic mass is 9.84. The molecule has 1 aliphatic carbocycles. The van der Waals surface area contributed by atoms with Gasteiger partial charge in [0.15, 0.2) is 0 Å². The molecule has 2 aliphatic heterocycles. The zero-order valence-electron chi connectivity index (χ0n) is 15.1. The Morgan fingerprint density at radius 1 is 1.15 bits per heavy atom. The third-order valence-corrected chi connectivity index (χ3v) is 6.17. The predicted molar refractivity (Wildman–Crippen MR) is 95.9 cm³/mol. The molecule has 3 aliphatic rings. The number of carbonyl (C=O) groups is 3. The minimum absolute atomic E-state index is 0.0445. The van der Waals surface area contributed by atoms with Crippen LogP contribution >= 0.6 is 0 Å². The summed E-state index contributed by atoms with van der Waals surface area (Å²) in [6.07, 6.45) is 5.25. The van der Waals surface area contributed by atoms with Crippen molar-refractivity contribution in [2.45, 2.75) is 57.0 Å². The van der Waals surface area contributed by atoms with E-state index in [-0.39, 0.29) is 23.4 Å². The predicted octanol–water partition coefficient (Wildman–Crippen LogP) is 2.81. The van der Waals surface area contributed by atoms with Gasteiger partial charge in [-0.2, -0.15) is 0 Å². The number of likely N-dealkylation sites (tertiary alicyclic amines) is 1. The van der Waals surface area contributed by atoms with Gasteiger partial charge in [0.25, 0.3) is 5.91 Å². The van der Waals surface area contributed by atoms with E-state index in [0.29, 0.717) is 25.1 Å². The number of carboxylic acids is 1. The molecule has 1 aromatic rings. The average molecular weight is 374 g/mol. The van der Waals surface area contributed by atoms with Gasteiger partial charge in [-0.3, -0.25) is 9.59 Å². The molecule has 2 amide bonds. The van der Waals surface area contributed by atoms with Crippen LogP contribution < -0.4 is 4.90 Å². The monoisotopic (exact) mass is 374 g/mol. The number of nitrogens with zero attached hydrogens (tertiary/aromatic N) is 2. The molecule has 0 radical (unpaired) electrons. The highest BCUT2D eigenvalue weighted by Gasteiger charge is 2.48. The summed E-state index contributed by atoms with van der Waals surface area (Å²) >= 11 is 0. The first-order valence-electron chi connectivity index (χ1n) is 9.62. The number of amides is 2. The number of hydrogen-bond acceptors (Lipinski definition) is 3. The van der Waals surface area contributed by atoms with E-state index in [1.165, 1.54) is 23.1 Å². The molecule has 1 aromatic carbocycles. The maximum Gasteiger partial charge on any atom is 0.326 e. The Bertz CT molecular complexity index is 796. The van der Waals surface area contributed by atoms with Crippen LogP contribution in [0.1, 0.15) is 55.3 Å². The highest BCUT2D eigenvalue weighted by Crippen LogP contribution is 2.41. The van der Waals surface area contributed by atoms with Crippen LogP contribution in [-0.4, -0.2) is 46.4 Å². The minimum Gasteiger partial charge on any atom is -0.480 e. The van der Waals surface area contributed by atoms with E-state index < -0.39 is 23.7 Å². The van der Waals surface area contributed by atoms with E-state index in [0.717, 1.165) is 32.1 Å². The molecule has 4 rings (SSSR count). The minimum atomic E-state index is -1.04. The Labute approximate surface area is 156 Å². The second kappa shape index (κ2) is 6.94. The summed E-state index contributed by atoms with van der Waals surface area (Å²) in [6, 6.07) is 3.03. The Morgan fingerprint density at radius 2 is 1.93 bits per heavy atom. The number of anilines is 1. The first-order valence-corrected chi connectivity index (χ1v) is 9.62. The SMILES string of the molecule is O=C(O)[C@@H]1C[C@@H]2CCCC[C@@H]2N1C(=O)c1cc(N2CCCC2=O)ccc1F. The van der Waals surface area contributed by atoms with E-state index in [2.05, 4.69) is 0 Å². The lowest BCUT2D eigenvalue weighted by molar-refractivity contribution is -0.141. The van der Waals surface area contributed by atoms with E-state index in [1.807, 2.05) is 0 Å². The van der Waals surface area contributed by atoms with E-state index in [1.54, 1.807) is 4.90 Å². The summed E-state index contributed by atoms with van der Waals surface area (Å²) in [4.78, 5) is 39.9. The maximum atomic E-state index is 14.5. The van der Waals surface area contributed by atoms with Crippen molar-refractivity contribution in [2.24, 2.45) is 5.92 Å². The van der Waals surface area contributed by atoms with Gasteiger partial charge in [0.1, 0.15) is 11.9 Å². The summed E-state index contributed by atoms with van der Waals surface area (Å²) in [7, 11) is 0. The molecule has 3 atom stereocenters. The van der Waals surface area contributed by atoms with Crippen molar-refractivity contribution in [2.75, 3.05) is 11.4 Å². The first kappa shape index (κ1) is 17.9. The van der Waals surface area contributed by atoms with Gasteiger partial charge in [-0.1, -0.05) is 12.8 Å². The topological polar surface area (TPSA) is 77.9 Å². The van der Waals surface area contributed by atoms with Crippen molar-refractivity contribution in [3.8, 4) is 0 Å². The fourth-order valence-electron chi connectivity index (χ4n) is 4.88. The van der Waals surface area contributed by atoms with Crippen LogP contribution in [0.15, 0.2) is 18.2 Å². The largest absolute Gasteiger partial charge is 0.480 e.